The van der Waals surface area contributed by atoms with Crippen molar-refractivity contribution < 1.29 is 13.7 Å². The van der Waals surface area contributed by atoms with E-state index in [1.165, 1.54) is 12.7 Å². The van der Waals surface area contributed by atoms with E-state index in [0.717, 1.165) is 0 Å². The van der Waals surface area contributed by atoms with Crippen LogP contribution in [0.25, 0.3) is 0 Å². The normalized spacial score (nSPS) is 13.2. The number of carbonyl (C=O) groups is 1. The van der Waals surface area contributed by atoms with Crippen LogP contribution in [0.2, 0.25) is 0 Å². The summed E-state index contributed by atoms with van der Waals surface area (Å²) in [6.45, 7) is 6.36. The Morgan fingerprint density at radius 3 is 2.18 bits per heavy atom. The smallest absolute Gasteiger partial charge is 0.318 e. The number of methoxy groups -OCH3 is 1. The van der Waals surface area contributed by atoms with E-state index in [1.54, 1.807) is 12.1 Å². The van der Waals surface area contributed by atoms with Gasteiger partial charge in [0.05, 0.1) is 17.9 Å². The van der Waals surface area contributed by atoms with Gasteiger partial charge in [0.1, 0.15) is 5.75 Å². The molecule has 0 aliphatic carbocycles. The van der Waals surface area contributed by atoms with E-state index in [0.29, 0.717) is 4.90 Å². The molecule has 0 heterocycles. The first kappa shape index (κ1) is 13.9. The maximum atomic E-state index is 11.8. The minimum Gasteiger partial charge on any atom is -0.468 e. The Morgan fingerprint density at radius 1 is 1.24 bits per heavy atom. The standard InChI is InChI=1S/C13H18O3S/c1-13(2,3)10-5-7-11(8-6-10)17(15)9-12(14)16-4/h5-8H,9H2,1-4H3. The van der Waals surface area contributed by atoms with Gasteiger partial charge in [-0.1, -0.05) is 32.9 Å². The van der Waals surface area contributed by atoms with E-state index in [4.69, 9.17) is 0 Å². The van der Waals surface area contributed by atoms with Crippen LogP contribution in [0.5, 0.6) is 0 Å². The third-order valence-electron chi connectivity index (χ3n) is 2.46. The highest BCUT2D eigenvalue weighted by molar-refractivity contribution is 7.85. The van der Waals surface area contributed by atoms with Crippen LogP contribution < -0.4 is 0 Å². The number of esters is 1. The highest BCUT2D eigenvalue weighted by atomic mass is 32.2. The fourth-order valence-corrected chi connectivity index (χ4v) is 2.29. The van der Waals surface area contributed by atoms with E-state index in [2.05, 4.69) is 25.5 Å². The molecule has 4 heteroatoms. The summed E-state index contributed by atoms with van der Waals surface area (Å²) in [5.74, 6) is -0.547. The maximum absolute atomic E-state index is 11.8. The van der Waals surface area contributed by atoms with E-state index in [1.807, 2.05) is 12.1 Å². The summed E-state index contributed by atoms with van der Waals surface area (Å²) in [4.78, 5) is 11.7. The third-order valence-corrected chi connectivity index (χ3v) is 3.76. The van der Waals surface area contributed by atoms with Crippen molar-refractivity contribution in [2.24, 2.45) is 0 Å². The summed E-state index contributed by atoms with van der Waals surface area (Å²) in [5.41, 5.74) is 1.25. The topological polar surface area (TPSA) is 43.4 Å². The molecule has 1 rings (SSSR count). The Balaban J connectivity index is 2.81. The van der Waals surface area contributed by atoms with Gasteiger partial charge in [-0.2, -0.15) is 0 Å². The Bertz CT molecular complexity index is 415. The zero-order chi connectivity index (χ0) is 13.1. The average molecular weight is 254 g/mol. The lowest BCUT2D eigenvalue weighted by atomic mass is 9.87. The fraction of sp³-hybridized carbons (Fsp3) is 0.462. The molecule has 1 unspecified atom stereocenters. The van der Waals surface area contributed by atoms with Gasteiger partial charge < -0.3 is 4.74 Å². The van der Waals surface area contributed by atoms with Crippen molar-refractivity contribution in [3.8, 4) is 0 Å². The van der Waals surface area contributed by atoms with Gasteiger partial charge in [-0.3, -0.25) is 9.00 Å². The van der Waals surface area contributed by atoms with Gasteiger partial charge in [0.15, 0.2) is 0 Å². The highest BCUT2D eigenvalue weighted by Crippen LogP contribution is 2.22. The quantitative estimate of drug-likeness (QED) is 0.777. The van der Waals surface area contributed by atoms with Crippen molar-refractivity contribution in [2.75, 3.05) is 12.9 Å². The lowest BCUT2D eigenvalue weighted by Crippen LogP contribution is -2.13. The number of carbonyl (C=O) groups excluding carboxylic acids is 1. The second-order valence-corrected chi connectivity index (χ2v) is 6.29. The summed E-state index contributed by atoms with van der Waals surface area (Å²) in [7, 11) is -0.0291. The van der Waals surface area contributed by atoms with E-state index in [-0.39, 0.29) is 11.2 Å². The zero-order valence-corrected chi connectivity index (χ0v) is 11.5. The molecular weight excluding hydrogens is 236 g/mol. The van der Waals surface area contributed by atoms with Crippen molar-refractivity contribution in [3.05, 3.63) is 29.8 Å². The number of hydrogen-bond donors (Lipinski definition) is 0. The van der Waals surface area contributed by atoms with Crippen LogP contribution >= 0.6 is 0 Å². The lowest BCUT2D eigenvalue weighted by Gasteiger charge is -2.18. The fourth-order valence-electron chi connectivity index (χ4n) is 1.36. The van der Waals surface area contributed by atoms with Gasteiger partial charge in [0, 0.05) is 4.90 Å². The van der Waals surface area contributed by atoms with Crippen LogP contribution in [0.1, 0.15) is 26.3 Å². The van der Waals surface area contributed by atoms with Crippen LogP contribution in [0.15, 0.2) is 29.2 Å². The minimum absolute atomic E-state index is 0.0718. The molecule has 0 saturated carbocycles. The summed E-state index contributed by atoms with van der Waals surface area (Å²) < 4.78 is 16.3. The molecule has 0 N–H and O–H groups in total. The van der Waals surface area contributed by atoms with Gasteiger partial charge in [-0.05, 0) is 23.1 Å². The predicted octanol–water partition coefficient (Wildman–Crippen LogP) is 2.26. The largest absolute Gasteiger partial charge is 0.468 e. The molecule has 94 valence electrons. The molecule has 0 fully saturated rings. The predicted molar refractivity (Wildman–Crippen MR) is 68.4 cm³/mol. The van der Waals surface area contributed by atoms with Crippen LogP contribution in [-0.2, 0) is 25.7 Å². The van der Waals surface area contributed by atoms with Gasteiger partial charge in [0.2, 0.25) is 0 Å². The molecule has 0 aliphatic rings. The number of rotatable bonds is 3. The first-order valence-electron chi connectivity index (χ1n) is 5.40. The Hall–Kier alpha value is -1.16. The molecule has 0 spiro atoms. The van der Waals surface area contributed by atoms with Crippen molar-refractivity contribution in [1.29, 1.82) is 0 Å². The van der Waals surface area contributed by atoms with Gasteiger partial charge in [0.25, 0.3) is 0 Å². The number of ether oxygens (including phenoxy) is 1. The average Bonchev–Trinajstić information content (AvgIpc) is 2.27. The first-order valence-corrected chi connectivity index (χ1v) is 6.72. The van der Waals surface area contributed by atoms with Crippen LogP contribution in [-0.4, -0.2) is 23.0 Å². The van der Waals surface area contributed by atoms with Gasteiger partial charge in [-0.25, -0.2) is 0 Å². The molecular formula is C13H18O3S. The Morgan fingerprint density at radius 2 is 1.76 bits per heavy atom. The molecule has 17 heavy (non-hydrogen) atoms. The highest BCUT2D eigenvalue weighted by Gasteiger charge is 2.15. The van der Waals surface area contributed by atoms with E-state index >= 15 is 0 Å². The summed E-state index contributed by atoms with van der Waals surface area (Å²) in [6, 6.07) is 7.51. The maximum Gasteiger partial charge on any atom is 0.318 e. The SMILES string of the molecule is COC(=O)CS(=O)c1ccc(C(C)(C)C)cc1. The second-order valence-electron chi connectivity index (χ2n) is 4.84. The molecule has 3 nitrogen and oxygen atoms in total. The molecule has 0 bridgehead atoms. The number of benzene rings is 1. The van der Waals surface area contributed by atoms with E-state index in [9.17, 15) is 9.00 Å². The zero-order valence-electron chi connectivity index (χ0n) is 10.6. The number of hydrogen-bond acceptors (Lipinski definition) is 3. The molecule has 0 amide bonds. The molecule has 1 aromatic rings. The van der Waals surface area contributed by atoms with Crippen molar-refractivity contribution >= 4 is 16.8 Å². The van der Waals surface area contributed by atoms with Gasteiger partial charge >= 0.3 is 5.97 Å². The molecule has 0 aliphatic heterocycles. The van der Waals surface area contributed by atoms with Crippen LogP contribution in [0.3, 0.4) is 0 Å². The Labute approximate surface area is 105 Å². The van der Waals surface area contributed by atoms with Crippen LogP contribution in [0.4, 0.5) is 0 Å². The summed E-state index contributed by atoms with van der Waals surface area (Å²) >= 11 is 0. The van der Waals surface area contributed by atoms with Crippen molar-refractivity contribution in [2.45, 2.75) is 31.1 Å². The van der Waals surface area contributed by atoms with Crippen LogP contribution in [0, 0.1) is 0 Å². The van der Waals surface area contributed by atoms with E-state index < -0.39 is 16.8 Å². The lowest BCUT2D eigenvalue weighted by molar-refractivity contribution is -0.137. The summed E-state index contributed by atoms with van der Waals surface area (Å²) in [5, 5.41) is 0. The monoisotopic (exact) mass is 254 g/mol. The second kappa shape index (κ2) is 5.45. The molecule has 0 saturated heterocycles. The molecule has 0 aromatic heterocycles. The molecule has 1 atom stereocenters. The molecule has 0 radical (unpaired) electrons. The minimum atomic E-state index is -1.32. The van der Waals surface area contributed by atoms with Crippen molar-refractivity contribution in [3.63, 3.8) is 0 Å². The Kier molecular flexibility index (Phi) is 4.46. The van der Waals surface area contributed by atoms with Crippen molar-refractivity contribution in [1.82, 2.24) is 0 Å². The van der Waals surface area contributed by atoms with Gasteiger partial charge in [-0.15, -0.1) is 0 Å². The summed E-state index contributed by atoms with van der Waals surface area (Å²) in [6.07, 6.45) is 0. The third kappa shape index (κ3) is 3.97. The first-order chi connectivity index (χ1) is 7.84. The molecule has 1 aromatic carbocycles.